The topological polar surface area (TPSA) is 85.8 Å². The zero-order valence-electron chi connectivity index (χ0n) is 12.8. The van der Waals surface area contributed by atoms with Gasteiger partial charge in [-0.1, -0.05) is 23.4 Å². The zero-order valence-corrected chi connectivity index (χ0v) is 12.8. The van der Waals surface area contributed by atoms with E-state index in [1.165, 1.54) is 0 Å². The molecule has 0 radical (unpaired) electrons. The van der Waals surface area contributed by atoms with Gasteiger partial charge >= 0.3 is 0 Å². The van der Waals surface area contributed by atoms with Crippen molar-refractivity contribution in [2.75, 3.05) is 13.1 Å². The van der Waals surface area contributed by atoms with Gasteiger partial charge in [0.15, 0.2) is 11.6 Å². The summed E-state index contributed by atoms with van der Waals surface area (Å²) < 4.78 is 6.86. The van der Waals surface area contributed by atoms with Crippen LogP contribution in [0.15, 0.2) is 34.9 Å². The van der Waals surface area contributed by atoms with Crippen molar-refractivity contribution in [1.82, 2.24) is 35.2 Å². The number of likely N-dealkylation sites (tertiary alicyclic amines) is 1. The van der Waals surface area contributed by atoms with Gasteiger partial charge in [-0.15, -0.1) is 5.10 Å². The largest absolute Gasteiger partial charge is 0.340 e. The lowest BCUT2D eigenvalue weighted by Crippen LogP contribution is -2.22. The van der Waals surface area contributed by atoms with Crippen molar-refractivity contribution in [2.24, 2.45) is 0 Å². The van der Waals surface area contributed by atoms with Crippen LogP contribution in [0.2, 0.25) is 0 Å². The van der Waals surface area contributed by atoms with Gasteiger partial charge in [-0.2, -0.15) is 9.67 Å². The second kappa shape index (κ2) is 5.88. The maximum absolute atomic E-state index is 5.08. The molecule has 2 aromatic heterocycles. The van der Waals surface area contributed by atoms with E-state index in [1.807, 2.05) is 37.3 Å². The Morgan fingerprint density at radius 2 is 2.13 bits per heavy atom. The summed E-state index contributed by atoms with van der Waals surface area (Å²) in [6.45, 7) is 4.38. The smallest absolute Gasteiger partial charge is 0.223 e. The molecular formula is C15H17N7O. The van der Waals surface area contributed by atoms with E-state index in [0.29, 0.717) is 18.4 Å². The molecule has 0 aliphatic carbocycles. The fourth-order valence-corrected chi connectivity index (χ4v) is 2.94. The molecule has 23 heavy (non-hydrogen) atoms. The molecule has 0 saturated carbocycles. The number of para-hydroxylation sites is 1. The Morgan fingerprint density at radius 3 is 2.91 bits per heavy atom. The first-order valence-electron chi connectivity index (χ1n) is 7.65. The molecule has 118 valence electrons. The molecule has 1 aromatic carbocycles. The first-order chi connectivity index (χ1) is 11.3. The normalized spacial score (nSPS) is 18.6. The molecular weight excluding hydrogens is 294 g/mol. The summed E-state index contributed by atoms with van der Waals surface area (Å²) >= 11 is 0. The fourth-order valence-electron chi connectivity index (χ4n) is 2.94. The summed E-state index contributed by atoms with van der Waals surface area (Å²) in [6.07, 6.45) is 1.02. The average molecular weight is 311 g/mol. The standard InChI is InChI=1S/C15H17N7O/c1-11-16-15(18-23-11)12-7-8-21(9-12)10-14-17-19-20-22(14)13-5-3-2-4-6-13/h2-6,12H,7-10H2,1H3. The summed E-state index contributed by atoms with van der Waals surface area (Å²) in [5.74, 6) is 2.56. The van der Waals surface area contributed by atoms with Crippen LogP contribution in [-0.2, 0) is 6.54 Å². The van der Waals surface area contributed by atoms with E-state index in [9.17, 15) is 0 Å². The minimum Gasteiger partial charge on any atom is -0.340 e. The molecule has 1 saturated heterocycles. The van der Waals surface area contributed by atoms with Gasteiger partial charge in [0.2, 0.25) is 5.89 Å². The van der Waals surface area contributed by atoms with Gasteiger partial charge in [-0.25, -0.2) is 0 Å². The van der Waals surface area contributed by atoms with Crippen LogP contribution in [-0.4, -0.2) is 48.3 Å². The molecule has 0 bridgehead atoms. The molecule has 1 atom stereocenters. The van der Waals surface area contributed by atoms with E-state index in [2.05, 4.69) is 30.6 Å². The third-order valence-corrected chi connectivity index (χ3v) is 4.08. The van der Waals surface area contributed by atoms with Gasteiger partial charge in [-0.3, -0.25) is 4.90 Å². The third kappa shape index (κ3) is 2.85. The summed E-state index contributed by atoms with van der Waals surface area (Å²) in [6, 6.07) is 9.92. The number of hydrogen-bond acceptors (Lipinski definition) is 7. The van der Waals surface area contributed by atoms with Gasteiger partial charge in [0.05, 0.1) is 12.2 Å². The fraction of sp³-hybridized carbons (Fsp3) is 0.400. The molecule has 1 aliphatic heterocycles. The second-order valence-corrected chi connectivity index (χ2v) is 5.73. The van der Waals surface area contributed by atoms with Crippen molar-refractivity contribution >= 4 is 0 Å². The maximum Gasteiger partial charge on any atom is 0.223 e. The number of tetrazole rings is 1. The molecule has 1 unspecified atom stereocenters. The number of nitrogens with zero attached hydrogens (tertiary/aromatic N) is 7. The lowest BCUT2D eigenvalue weighted by Gasteiger charge is -2.14. The van der Waals surface area contributed by atoms with Gasteiger partial charge in [0, 0.05) is 19.4 Å². The van der Waals surface area contributed by atoms with Crippen molar-refractivity contribution < 1.29 is 4.52 Å². The molecule has 3 aromatic rings. The number of rotatable bonds is 4. The lowest BCUT2D eigenvalue weighted by atomic mass is 10.1. The number of hydrogen-bond donors (Lipinski definition) is 0. The van der Waals surface area contributed by atoms with Crippen LogP contribution in [0, 0.1) is 6.92 Å². The first kappa shape index (κ1) is 14.0. The summed E-state index contributed by atoms with van der Waals surface area (Å²) in [4.78, 5) is 6.66. The average Bonchev–Trinajstić information content (AvgIpc) is 3.29. The van der Waals surface area contributed by atoms with Crippen LogP contribution in [0.3, 0.4) is 0 Å². The third-order valence-electron chi connectivity index (χ3n) is 4.08. The Bertz CT molecular complexity index is 782. The highest BCUT2D eigenvalue weighted by Gasteiger charge is 2.28. The minimum atomic E-state index is 0.313. The monoisotopic (exact) mass is 311 g/mol. The quantitative estimate of drug-likeness (QED) is 0.718. The zero-order chi connectivity index (χ0) is 15.6. The van der Waals surface area contributed by atoms with Gasteiger partial charge in [0.25, 0.3) is 0 Å². The summed E-state index contributed by atoms with van der Waals surface area (Å²) in [5.41, 5.74) is 0.969. The van der Waals surface area contributed by atoms with Crippen LogP contribution in [0.1, 0.15) is 29.9 Å². The van der Waals surface area contributed by atoms with E-state index < -0.39 is 0 Å². The van der Waals surface area contributed by atoms with Gasteiger partial charge in [-0.05, 0) is 35.5 Å². The molecule has 4 rings (SSSR count). The molecule has 0 spiro atoms. The number of aromatic nitrogens is 6. The molecule has 8 nitrogen and oxygen atoms in total. The van der Waals surface area contributed by atoms with Crippen molar-refractivity contribution in [1.29, 1.82) is 0 Å². The predicted octanol–water partition coefficient (Wildman–Crippen LogP) is 1.34. The SMILES string of the molecule is Cc1nc(C2CCN(Cc3nnnn3-c3ccccc3)C2)no1. The molecule has 8 heteroatoms. The Labute approximate surface area is 133 Å². The van der Waals surface area contributed by atoms with Crippen molar-refractivity contribution in [3.63, 3.8) is 0 Å². The van der Waals surface area contributed by atoms with Crippen molar-refractivity contribution in [3.05, 3.63) is 47.9 Å². The Morgan fingerprint density at radius 1 is 1.26 bits per heavy atom. The molecule has 3 heterocycles. The Balaban J connectivity index is 1.47. The first-order valence-corrected chi connectivity index (χ1v) is 7.65. The molecule has 1 fully saturated rings. The van der Waals surface area contributed by atoms with E-state index in [0.717, 1.165) is 36.8 Å². The molecule has 1 aliphatic rings. The number of benzene rings is 1. The molecule has 0 amide bonds. The summed E-state index contributed by atoms with van der Waals surface area (Å²) in [5, 5.41) is 16.1. The predicted molar refractivity (Wildman–Crippen MR) is 80.8 cm³/mol. The van der Waals surface area contributed by atoms with Gasteiger partial charge < -0.3 is 4.52 Å². The highest BCUT2D eigenvalue weighted by atomic mass is 16.5. The Kier molecular flexibility index (Phi) is 3.58. The van der Waals surface area contributed by atoms with Crippen molar-refractivity contribution in [3.8, 4) is 5.69 Å². The molecule has 0 N–H and O–H groups in total. The highest BCUT2D eigenvalue weighted by Crippen LogP contribution is 2.26. The van der Waals surface area contributed by atoms with E-state index in [1.54, 1.807) is 4.68 Å². The van der Waals surface area contributed by atoms with Crippen LogP contribution in [0.4, 0.5) is 0 Å². The Hall–Kier alpha value is -2.61. The van der Waals surface area contributed by atoms with E-state index in [4.69, 9.17) is 4.52 Å². The van der Waals surface area contributed by atoms with E-state index >= 15 is 0 Å². The van der Waals surface area contributed by atoms with E-state index in [-0.39, 0.29) is 0 Å². The van der Waals surface area contributed by atoms with Crippen LogP contribution < -0.4 is 0 Å². The van der Waals surface area contributed by atoms with Crippen LogP contribution >= 0.6 is 0 Å². The minimum absolute atomic E-state index is 0.313. The lowest BCUT2D eigenvalue weighted by molar-refractivity contribution is 0.312. The van der Waals surface area contributed by atoms with Crippen molar-refractivity contribution in [2.45, 2.75) is 25.8 Å². The summed E-state index contributed by atoms with van der Waals surface area (Å²) in [7, 11) is 0. The van der Waals surface area contributed by atoms with Crippen LogP contribution in [0.5, 0.6) is 0 Å². The number of aryl methyl sites for hydroxylation is 1. The maximum atomic E-state index is 5.08. The second-order valence-electron chi connectivity index (χ2n) is 5.73. The van der Waals surface area contributed by atoms with Gasteiger partial charge in [0.1, 0.15) is 0 Å². The highest BCUT2D eigenvalue weighted by molar-refractivity contribution is 5.30. The van der Waals surface area contributed by atoms with Crippen LogP contribution in [0.25, 0.3) is 5.69 Å².